The van der Waals surface area contributed by atoms with Gasteiger partial charge in [-0.2, -0.15) is 12.2 Å². The number of fused-ring (bicyclic) bond motifs is 6. The van der Waals surface area contributed by atoms with Crippen LogP contribution in [0.4, 0.5) is 5.82 Å². The number of aryl methyl sites for hydroxylation is 3. The monoisotopic (exact) mass is 529 g/mol. The first-order chi connectivity index (χ1) is 12.7. The fourth-order valence-corrected chi connectivity index (χ4v) is 4.22. The second-order valence-corrected chi connectivity index (χ2v) is 6.99. The van der Waals surface area contributed by atoms with Crippen molar-refractivity contribution in [3.05, 3.63) is 83.7 Å². The molecule has 1 radical (unpaired) electrons. The summed E-state index contributed by atoms with van der Waals surface area (Å²) in [5.41, 5.74) is 7.44. The Labute approximate surface area is 173 Å². The van der Waals surface area contributed by atoms with Gasteiger partial charge in [0, 0.05) is 31.6 Å². The molecule has 0 saturated heterocycles. The van der Waals surface area contributed by atoms with E-state index in [1.54, 1.807) is 0 Å². The molecule has 5 rings (SSSR count). The molecule has 0 amide bonds. The molecule has 1 aromatic heterocycles. The van der Waals surface area contributed by atoms with Crippen LogP contribution in [0.2, 0.25) is 0 Å². The standard InChI is InChI=1S/C22H19BN3.Ir/c1-15-9-8-10-16(2)20(15)26-17(3)24-22-21(26)18-11-4-5-12-19(18)23-13-6-7-14-25(22)23;/h4-13H,1-3H3;/q-1;. The number of anilines is 1. The van der Waals surface area contributed by atoms with Gasteiger partial charge in [0.1, 0.15) is 0 Å². The zero-order valence-electron chi connectivity index (χ0n) is 15.5. The van der Waals surface area contributed by atoms with Gasteiger partial charge in [-0.1, -0.05) is 42.5 Å². The van der Waals surface area contributed by atoms with Gasteiger partial charge in [-0.3, -0.25) is 4.98 Å². The first-order valence-corrected chi connectivity index (χ1v) is 8.97. The first-order valence-electron chi connectivity index (χ1n) is 8.97. The van der Waals surface area contributed by atoms with Gasteiger partial charge in [0.05, 0.1) is 11.5 Å². The third kappa shape index (κ3) is 2.57. The summed E-state index contributed by atoms with van der Waals surface area (Å²) < 4.78 is 2.31. The molecule has 135 valence electrons. The minimum absolute atomic E-state index is 0. The number of allylic oxidation sites excluding steroid dienone is 2. The fraction of sp³-hybridized carbons (Fsp3) is 0.136. The van der Waals surface area contributed by atoms with Gasteiger partial charge in [0.2, 0.25) is 0 Å². The molecule has 0 atom stereocenters. The summed E-state index contributed by atoms with van der Waals surface area (Å²) >= 11 is 0. The van der Waals surface area contributed by atoms with E-state index in [9.17, 15) is 0 Å². The van der Waals surface area contributed by atoms with Crippen LogP contribution in [-0.4, -0.2) is 16.4 Å². The van der Waals surface area contributed by atoms with E-state index in [1.165, 1.54) is 27.8 Å². The third-order valence-electron chi connectivity index (χ3n) is 5.33. The Balaban J connectivity index is 0.00000180. The molecule has 2 aliphatic rings. The number of aromatic nitrogens is 2. The quantitative estimate of drug-likeness (QED) is 0.353. The van der Waals surface area contributed by atoms with Crippen LogP contribution in [0.15, 0.2) is 60.6 Å². The van der Waals surface area contributed by atoms with Crippen LogP contribution in [-0.2, 0) is 20.1 Å². The van der Waals surface area contributed by atoms with Crippen LogP contribution in [0.3, 0.4) is 0 Å². The number of hydrogen-bond donors (Lipinski definition) is 0. The summed E-state index contributed by atoms with van der Waals surface area (Å²) in [6.45, 7) is 6.58. The second kappa shape index (κ2) is 6.67. The van der Waals surface area contributed by atoms with Crippen molar-refractivity contribution in [3.8, 4) is 16.9 Å². The minimum atomic E-state index is 0. The SMILES string of the molecule is Cc1cccc(C)c1-n1c(C)nc2c1-c1ccccc1B1C=CC=[C-]N12.[Ir]. The predicted octanol–water partition coefficient (Wildman–Crippen LogP) is 3.91. The molecular weight excluding hydrogens is 509 g/mol. The topological polar surface area (TPSA) is 21.1 Å². The Kier molecular flexibility index (Phi) is 4.45. The van der Waals surface area contributed by atoms with E-state index in [0.29, 0.717) is 0 Å². The molecule has 3 heterocycles. The van der Waals surface area contributed by atoms with E-state index < -0.39 is 0 Å². The summed E-state index contributed by atoms with van der Waals surface area (Å²) in [5.74, 6) is 4.19. The molecule has 0 saturated carbocycles. The van der Waals surface area contributed by atoms with Gasteiger partial charge in [-0.05, 0) is 42.9 Å². The van der Waals surface area contributed by atoms with Gasteiger partial charge in [0.25, 0.3) is 6.85 Å². The number of para-hydroxylation sites is 1. The van der Waals surface area contributed by atoms with E-state index >= 15 is 0 Å². The maximum absolute atomic E-state index is 4.97. The number of imidazole rings is 1. The summed E-state index contributed by atoms with van der Waals surface area (Å²) in [6.07, 6.45) is 7.41. The number of rotatable bonds is 1. The van der Waals surface area contributed by atoms with E-state index in [0.717, 1.165) is 17.3 Å². The van der Waals surface area contributed by atoms with Gasteiger partial charge >= 0.3 is 0 Å². The smallest absolute Gasteiger partial charge is 0.286 e. The summed E-state index contributed by atoms with van der Waals surface area (Å²) in [7, 11) is 0. The third-order valence-corrected chi connectivity index (χ3v) is 5.33. The molecule has 0 fully saturated rings. The molecule has 5 heteroatoms. The molecular formula is C22H19BIrN3-. The molecule has 0 spiro atoms. The molecule has 0 bridgehead atoms. The zero-order chi connectivity index (χ0) is 17.8. The maximum atomic E-state index is 4.97. The molecule has 0 aliphatic carbocycles. The number of benzene rings is 2. The van der Waals surface area contributed by atoms with Crippen molar-refractivity contribution in [2.75, 3.05) is 4.81 Å². The van der Waals surface area contributed by atoms with Crippen molar-refractivity contribution < 1.29 is 20.1 Å². The van der Waals surface area contributed by atoms with E-state index in [-0.39, 0.29) is 27.0 Å². The normalized spacial score (nSPS) is 13.7. The summed E-state index contributed by atoms with van der Waals surface area (Å²) in [4.78, 5) is 7.13. The Morgan fingerprint density at radius 2 is 1.70 bits per heavy atom. The van der Waals surface area contributed by atoms with Crippen molar-refractivity contribution in [1.82, 2.24) is 9.55 Å². The van der Waals surface area contributed by atoms with E-state index in [2.05, 4.69) is 90.9 Å². The molecule has 27 heavy (non-hydrogen) atoms. The zero-order valence-corrected chi connectivity index (χ0v) is 17.9. The fourth-order valence-electron chi connectivity index (χ4n) is 4.22. The average molecular weight is 528 g/mol. The number of hydrogen-bond acceptors (Lipinski definition) is 2. The largest absolute Gasteiger partial charge is 0.478 e. The first kappa shape index (κ1) is 18.0. The second-order valence-electron chi connectivity index (χ2n) is 6.99. The van der Waals surface area contributed by atoms with Gasteiger partial charge in [-0.25, -0.2) is 0 Å². The van der Waals surface area contributed by atoms with Crippen molar-refractivity contribution >= 4 is 18.1 Å². The van der Waals surface area contributed by atoms with E-state index in [4.69, 9.17) is 4.98 Å². The van der Waals surface area contributed by atoms with Crippen LogP contribution in [0.25, 0.3) is 16.9 Å². The maximum Gasteiger partial charge on any atom is 0.286 e. The Hall–Kier alpha value is -2.36. The van der Waals surface area contributed by atoms with Crippen LogP contribution in [0.5, 0.6) is 0 Å². The number of nitrogens with zero attached hydrogens (tertiary/aromatic N) is 3. The molecule has 0 unspecified atom stereocenters. The van der Waals surface area contributed by atoms with Gasteiger partial charge in [0.15, 0.2) is 0 Å². The van der Waals surface area contributed by atoms with Crippen molar-refractivity contribution in [2.24, 2.45) is 0 Å². The van der Waals surface area contributed by atoms with E-state index in [1.807, 2.05) is 6.08 Å². The molecule has 0 N–H and O–H groups in total. The van der Waals surface area contributed by atoms with Gasteiger partial charge in [-0.15, -0.1) is 12.2 Å². The predicted molar refractivity (Wildman–Crippen MR) is 108 cm³/mol. The molecule has 2 aromatic carbocycles. The van der Waals surface area contributed by atoms with Crippen molar-refractivity contribution in [2.45, 2.75) is 20.8 Å². The summed E-state index contributed by atoms with van der Waals surface area (Å²) in [5, 5.41) is 0. The van der Waals surface area contributed by atoms with Crippen LogP contribution in [0, 0.1) is 27.0 Å². The van der Waals surface area contributed by atoms with Crippen molar-refractivity contribution in [1.29, 1.82) is 0 Å². The minimum Gasteiger partial charge on any atom is -0.478 e. The van der Waals surface area contributed by atoms with Crippen LogP contribution in [0.1, 0.15) is 17.0 Å². The van der Waals surface area contributed by atoms with Gasteiger partial charge < -0.3 is 9.38 Å². The molecule has 3 nitrogen and oxygen atoms in total. The average Bonchev–Trinajstić information content (AvgIpc) is 2.99. The van der Waals surface area contributed by atoms with Crippen molar-refractivity contribution in [3.63, 3.8) is 0 Å². The van der Waals surface area contributed by atoms with Crippen LogP contribution >= 0.6 is 0 Å². The molecule has 3 aromatic rings. The Morgan fingerprint density at radius 1 is 0.963 bits per heavy atom. The van der Waals surface area contributed by atoms with Crippen LogP contribution < -0.4 is 10.3 Å². The Bertz CT molecular complexity index is 1080. The molecule has 2 aliphatic heterocycles. The summed E-state index contributed by atoms with van der Waals surface area (Å²) in [6, 6.07) is 15.1. The Morgan fingerprint density at radius 3 is 2.48 bits per heavy atom.